The molecule has 0 saturated carbocycles. The Morgan fingerprint density at radius 2 is 1.61 bits per heavy atom. The Labute approximate surface area is 210 Å². The number of methoxy groups -OCH3 is 1. The molecule has 0 spiro atoms. The summed E-state index contributed by atoms with van der Waals surface area (Å²) in [7, 11) is -2.20. The maximum absolute atomic E-state index is 13.1. The molecule has 0 aliphatic carbocycles. The van der Waals surface area contributed by atoms with E-state index in [1.165, 1.54) is 6.07 Å². The highest BCUT2D eigenvalue weighted by atomic mass is 32.2. The maximum atomic E-state index is 13.1. The fourth-order valence-corrected chi connectivity index (χ4v) is 5.65. The van der Waals surface area contributed by atoms with Crippen LogP contribution in [0.25, 0.3) is 10.9 Å². The van der Waals surface area contributed by atoms with Crippen molar-refractivity contribution >= 4 is 38.2 Å². The number of anilines is 2. The van der Waals surface area contributed by atoms with E-state index in [0.29, 0.717) is 42.9 Å². The molecule has 8 nitrogen and oxygen atoms in total. The Balaban J connectivity index is 1.25. The number of nitrogens with one attached hydrogen (secondary N) is 1. The molecule has 1 aromatic heterocycles. The van der Waals surface area contributed by atoms with Gasteiger partial charge >= 0.3 is 0 Å². The second kappa shape index (κ2) is 9.87. The third kappa shape index (κ3) is 4.70. The number of benzene rings is 3. The van der Waals surface area contributed by atoms with Gasteiger partial charge in [0.1, 0.15) is 10.6 Å². The topological polar surface area (TPSA) is 91.8 Å². The number of pyridine rings is 1. The smallest absolute Gasteiger partial charge is 0.264 e. The summed E-state index contributed by atoms with van der Waals surface area (Å²) >= 11 is 0. The molecule has 0 unspecified atom stereocenters. The van der Waals surface area contributed by atoms with Crippen molar-refractivity contribution in [1.82, 2.24) is 9.88 Å². The Hall–Kier alpha value is -4.11. The summed E-state index contributed by atoms with van der Waals surface area (Å²) in [5, 5.41) is 0.743. The van der Waals surface area contributed by atoms with E-state index in [-0.39, 0.29) is 10.8 Å². The number of carbonyl (C=O) groups excluding carboxylic acids is 1. The summed E-state index contributed by atoms with van der Waals surface area (Å²) in [6.07, 6.45) is 1.57. The fourth-order valence-electron chi connectivity index (χ4n) is 4.41. The van der Waals surface area contributed by atoms with Crippen LogP contribution in [0.3, 0.4) is 0 Å². The first-order valence-corrected chi connectivity index (χ1v) is 13.1. The Morgan fingerprint density at radius 1 is 0.889 bits per heavy atom. The molecule has 0 radical (unpaired) electrons. The lowest BCUT2D eigenvalue weighted by Crippen LogP contribution is -2.48. The van der Waals surface area contributed by atoms with E-state index in [1.54, 1.807) is 49.7 Å². The van der Waals surface area contributed by atoms with Crippen LogP contribution in [0.5, 0.6) is 5.75 Å². The number of piperazine rings is 1. The number of sulfonamides is 1. The second-order valence-corrected chi connectivity index (χ2v) is 10.1. The zero-order chi connectivity index (χ0) is 25.1. The third-order valence-electron chi connectivity index (χ3n) is 6.26. The summed E-state index contributed by atoms with van der Waals surface area (Å²) < 4.78 is 34.1. The normalized spacial score (nSPS) is 14.0. The number of nitrogens with zero attached hydrogens (tertiary/aromatic N) is 3. The van der Waals surface area contributed by atoms with Crippen molar-refractivity contribution < 1.29 is 17.9 Å². The molecular weight excluding hydrogens is 476 g/mol. The van der Waals surface area contributed by atoms with E-state index in [4.69, 9.17) is 4.74 Å². The van der Waals surface area contributed by atoms with E-state index in [2.05, 4.69) is 14.6 Å². The van der Waals surface area contributed by atoms with E-state index in [9.17, 15) is 13.2 Å². The molecule has 1 aliphatic rings. The lowest BCUT2D eigenvalue weighted by molar-refractivity contribution is 0.0746. The van der Waals surface area contributed by atoms with Crippen molar-refractivity contribution in [3.8, 4) is 5.75 Å². The largest absolute Gasteiger partial charge is 0.495 e. The minimum Gasteiger partial charge on any atom is -0.495 e. The van der Waals surface area contributed by atoms with Crippen LogP contribution in [0.2, 0.25) is 0 Å². The van der Waals surface area contributed by atoms with E-state index in [1.807, 2.05) is 41.3 Å². The number of fused-ring (bicyclic) bond motifs is 1. The Bertz CT molecular complexity index is 1490. The van der Waals surface area contributed by atoms with Crippen molar-refractivity contribution in [2.45, 2.75) is 4.90 Å². The quantitative estimate of drug-likeness (QED) is 0.428. The van der Waals surface area contributed by atoms with Crippen molar-refractivity contribution in [3.63, 3.8) is 0 Å². The highest BCUT2D eigenvalue weighted by Gasteiger charge is 2.24. The van der Waals surface area contributed by atoms with Crippen molar-refractivity contribution in [2.24, 2.45) is 0 Å². The summed E-state index contributed by atoms with van der Waals surface area (Å²) in [6.45, 7) is 2.56. The van der Waals surface area contributed by atoms with Gasteiger partial charge in [0.25, 0.3) is 15.9 Å². The van der Waals surface area contributed by atoms with Gasteiger partial charge in [0, 0.05) is 49.0 Å². The zero-order valence-corrected chi connectivity index (χ0v) is 20.6. The number of hydrogen-bond acceptors (Lipinski definition) is 6. The standard InChI is InChI=1S/C27H26N4O4S/c1-35-24-9-3-2-8-23(24)30-16-18-31(19-17-30)27(32)21-11-13-22(14-12-21)29-36(33,34)25-10-4-6-20-7-5-15-28-26(20)25/h2-15,29H,16-19H2,1H3. The van der Waals surface area contributed by atoms with Crippen molar-refractivity contribution in [2.75, 3.05) is 42.9 Å². The molecule has 1 amide bonds. The first-order valence-electron chi connectivity index (χ1n) is 11.6. The molecule has 1 fully saturated rings. The summed E-state index contributed by atoms with van der Waals surface area (Å²) in [5.74, 6) is 0.733. The molecule has 36 heavy (non-hydrogen) atoms. The minimum atomic E-state index is -3.86. The van der Waals surface area contributed by atoms with Crippen LogP contribution < -0.4 is 14.4 Å². The highest BCUT2D eigenvalue weighted by molar-refractivity contribution is 7.93. The van der Waals surface area contributed by atoms with Crippen LogP contribution in [-0.4, -0.2) is 57.5 Å². The predicted molar refractivity (Wildman–Crippen MR) is 140 cm³/mol. The molecule has 4 aromatic rings. The van der Waals surface area contributed by atoms with Gasteiger partial charge < -0.3 is 14.5 Å². The number of para-hydroxylation sites is 3. The predicted octanol–water partition coefficient (Wildman–Crippen LogP) is 4.01. The van der Waals surface area contributed by atoms with E-state index >= 15 is 0 Å². The van der Waals surface area contributed by atoms with E-state index < -0.39 is 10.0 Å². The molecule has 3 aromatic carbocycles. The first kappa shape index (κ1) is 23.6. The molecule has 5 rings (SSSR count). The Morgan fingerprint density at radius 3 is 2.36 bits per heavy atom. The van der Waals surface area contributed by atoms with Gasteiger partial charge in [-0.25, -0.2) is 8.42 Å². The lowest BCUT2D eigenvalue weighted by atomic mass is 10.1. The monoisotopic (exact) mass is 502 g/mol. The lowest BCUT2D eigenvalue weighted by Gasteiger charge is -2.36. The molecule has 1 N–H and O–H groups in total. The number of ether oxygens (including phenoxy) is 1. The SMILES string of the molecule is COc1ccccc1N1CCN(C(=O)c2ccc(NS(=O)(=O)c3cccc4cccnc34)cc2)CC1. The molecule has 0 atom stereocenters. The number of aromatic nitrogens is 1. The fraction of sp³-hybridized carbons (Fsp3) is 0.185. The van der Waals surface area contributed by atoms with Crippen LogP contribution in [0, 0.1) is 0 Å². The Kier molecular flexibility index (Phi) is 6.47. The third-order valence-corrected chi connectivity index (χ3v) is 7.67. The van der Waals surface area contributed by atoms with Crippen LogP contribution >= 0.6 is 0 Å². The van der Waals surface area contributed by atoms with Crippen LogP contribution in [-0.2, 0) is 10.0 Å². The van der Waals surface area contributed by atoms with E-state index in [0.717, 1.165) is 16.8 Å². The first-order chi connectivity index (χ1) is 17.5. The summed E-state index contributed by atoms with van der Waals surface area (Å²) in [4.78, 5) is 21.4. The molecule has 0 bridgehead atoms. The molecular formula is C27H26N4O4S. The minimum absolute atomic E-state index is 0.0812. The number of rotatable bonds is 6. The van der Waals surface area contributed by atoms with Crippen LogP contribution in [0.1, 0.15) is 10.4 Å². The maximum Gasteiger partial charge on any atom is 0.264 e. The average molecular weight is 503 g/mol. The number of amides is 1. The van der Waals surface area contributed by atoms with Gasteiger partial charge in [-0.15, -0.1) is 0 Å². The van der Waals surface area contributed by atoms with Gasteiger partial charge in [0.15, 0.2) is 0 Å². The average Bonchev–Trinajstić information content (AvgIpc) is 2.92. The van der Waals surface area contributed by atoms with Gasteiger partial charge in [-0.05, 0) is 48.5 Å². The number of carbonyl (C=O) groups is 1. The summed E-state index contributed by atoms with van der Waals surface area (Å²) in [5.41, 5.74) is 2.31. The molecule has 2 heterocycles. The summed E-state index contributed by atoms with van der Waals surface area (Å²) in [6, 6.07) is 23.0. The van der Waals surface area contributed by atoms with Crippen molar-refractivity contribution in [3.05, 3.63) is 90.6 Å². The molecule has 1 aliphatic heterocycles. The van der Waals surface area contributed by atoms with Crippen molar-refractivity contribution in [1.29, 1.82) is 0 Å². The van der Waals surface area contributed by atoms with Gasteiger partial charge in [-0.1, -0.05) is 30.3 Å². The zero-order valence-electron chi connectivity index (χ0n) is 19.8. The van der Waals surface area contributed by atoms with Gasteiger partial charge in [-0.2, -0.15) is 0 Å². The molecule has 184 valence electrons. The van der Waals surface area contributed by atoms with Gasteiger partial charge in [0.05, 0.1) is 18.3 Å². The number of hydrogen-bond donors (Lipinski definition) is 1. The van der Waals surface area contributed by atoms with Gasteiger partial charge in [-0.3, -0.25) is 14.5 Å². The van der Waals surface area contributed by atoms with Gasteiger partial charge in [0.2, 0.25) is 0 Å². The van der Waals surface area contributed by atoms with Crippen LogP contribution in [0.15, 0.2) is 90.0 Å². The molecule has 1 saturated heterocycles. The van der Waals surface area contributed by atoms with Crippen LogP contribution in [0.4, 0.5) is 11.4 Å². The second-order valence-electron chi connectivity index (χ2n) is 8.47. The highest BCUT2D eigenvalue weighted by Crippen LogP contribution is 2.29. The molecule has 9 heteroatoms.